The lowest BCUT2D eigenvalue weighted by atomic mass is 10.1. The minimum absolute atomic E-state index is 0.260. The normalized spacial score (nSPS) is 12.1. The number of nitriles is 1. The Morgan fingerprint density at radius 2 is 2.12 bits per heavy atom. The summed E-state index contributed by atoms with van der Waals surface area (Å²) in [5, 5.41) is 12.6. The number of benzene rings is 1. The zero-order chi connectivity index (χ0) is 11.8. The van der Waals surface area contributed by atoms with Crippen molar-refractivity contribution in [3.63, 3.8) is 0 Å². The largest absolute Gasteiger partial charge is 0.310 e. The third-order valence-electron chi connectivity index (χ3n) is 2.54. The van der Waals surface area contributed by atoms with Crippen molar-refractivity contribution in [1.82, 2.24) is 5.32 Å². The molecule has 0 radical (unpaired) electrons. The summed E-state index contributed by atoms with van der Waals surface area (Å²) in [6.07, 6.45) is 2.63. The first kappa shape index (κ1) is 13.0. The van der Waals surface area contributed by atoms with Crippen molar-refractivity contribution in [2.45, 2.75) is 32.2 Å². The van der Waals surface area contributed by atoms with Crippen LogP contribution in [0.2, 0.25) is 5.02 Å². The maximum absolute atomic E-state index is 8.40. The first-order valence-electron chi connectivity index (χ1n) is 5.60. The second-order valence-corrected chi connectivity index (χ2v) is 4.22. The fraction of sp³-hybridized carbons (Fsp3) is 0.462. The Bertz CT molecular complexity index is 357. The SMILES string of the molecule is CC(NCCCCC#N)c1ccccc1Cl. The molecule has 3 heteroatoms. The Balaban J connectivity index is 2.33. The summed E-state index contributed by atoms with van der Waals surface area (Å²) in [7, 11) is 0. The van der Waals surface area contributed by atoms with Crippen LogP contribution in [0.5, 0.6) is 0 Å². The Hall–Kier alpha value is -1.04. The first-order chi connectivity index (χ1) is 7.75. The number of hydrogen-bond donors (Lipinski definition) is 1. The minimum atomic E-state index is 0.260. The van der Waals surface area contributed by atoms with Crippen molar-refractivity contribution in [3.05, 3.63) is 34.9 Å². The third-order valence-corrected chi connectivity index (χ3v) is 2.88. The van der Waals surface area contributed by atoms with Gasteiger partial charge in [-0.25, -0.2) is 0 Å². The third kappa shape index (κ3) is 4.22. The van der Waals surface area contributed by atoms with Gasteiger partial charge in [-0.3, -0.25) is 0 Å². The fourth-order valence-corrected chi connectivity index (χ4v) is 1.88. The number of unbranched alkanes of at least 4 members (excludes halogenated alkanes) is 2. The van der Waals surface area contributed by atoms with E-state index in [9.17, 15) is 0 Å². The molecule has 1 atom stereocenters. The molecule has 0 fully saturated rings. The van der Waals surface area contributed by atoms with Gasteiger partial charge in [0.15, 0.2) is 0 Å². The van der Waals surface area contributed by atoms with Gasteiger partial charge in [-0.2, -0.15) is 5.26 Å². The van der Waals surface area contributed by atoms with Gasteiger partial charge in [-0.1, -0.05) is 29.8 Å². The van der Waals surface area contributed by atoms with Crippen LogP contribution in [-0.4, -0.2) is 6.54 Å². The van der Waals surface area contributed by atoms with Gasteiger partial charge in [-0.15, -0.1) is 0 Å². The molecule has 16 heavy (non-hydrogen) atoms. The van der Waals surface area contributed by atoms with Crippen LogP contribution in [0, 0.1) is 11.3 Å². The summed E-state index contributed by atoms with van der Waals surface area (Å²) in [4.78, 5) is 0. The van der Waals surface area contributed by atoms with Crippen molar-refractivity contribution in [2.75, 3.05) is 6.54 Å². The van der Waals surface area contributed by atoms with Crippen molar-refractivity contribution >= 4 is 11.6 Å². The number of nitrogens with one attached hydrogen (secondary N) is 1. The van der Waals surface area contributed by atoms with E-state index < -0.39 is 0 Å². The molecule has 0 saturated carbocycles. The van der Waals surface area contributed by atoms with E-state index in [4.69, 9.17) is 16.9 Å². The lowest BCUT2D eigenvalue weighted by Gasteiger charge is -2.15. The molecule has 1 unspecified atom stereocenters. The van der Waals surface area contributed by atoms with E-state index in [0.717, 1.165) is 30.0 Å². The van der Waals surface area contributed by atoms with Gasteiger partial charge in [-0.05, 0) is 37.9 Å². The van der Waals surface area contributed by atoms with E-state index in [2.05, 4.69) is 18.3 Å². The minimum Gasteiger partial charge on any atom is -0.310 e. The summed E-state index contributed by atoms with van der Waals surface area (Å²) in [6, 6.07) is 10.3. The molecule has 2 nitrogen and oxygen atoms in total. The molecule has 1 N–H and O–H groups in total. The quantitative estimate of drug-likeness (QED) is 0.765. The number of hydrogen-bond acceptors (Lipinski definition) is 2. The smallest absolute Gasteiger partial charge is 0.0621 e. The van der Waals surface area contributed by atoms with Gasteiger partial charge in [0.1, 0.15) is 0 Å². The van der Waals surface area contributed by atoms with Crippen LogP contribution in [0.4, 0.5) is 0 Å². The highest BCUT2D eigenvalue weighted by Gasteiger charge is 2.07. The zero-order valence-electron chi connectivity index (χ0n) is 9.54. The van der Waals surface area contributed by atoms with E-state index in [0.29, 0.717) is 6.42 Å². The lowest BCUT2D eigenvalue weighted by molar-refractivity contribution is 0.549. The van der Waals surface area contributed by atoms with Crippen LogP contribution in [0.3, 0.4) is 0 Å². The highest BCUT2D eigenvalue weighted by molar-refractivity contribution is 6.31. The number of rotatable bonds is 6. The maximum atomic E-state index is 8.40. The van der Waals surface area contributed by atoms with Crippen molar-refractivity contribution in [2.24, 2.45) is 0 Å². The van der Waals surface area contributed by atoms with Crippen molar-refractivity contribution in [1.29, 1.82) is 5.26 Å². The molecule has 0 amide bonds. The summed E-state index contributed by atoms with van der Waals surface area (Å²) in [5.74, 6) is 0. The van der Waals surface area contributed by atoms with Crippen LogP contribution in [0.15, 0.2) is 24.3 Å². The average molecular weight is 237 g/mol. The van der Waals surface area contributed by atoms with E-state index >= 15 is 0 Å². The molecule has 0 aliphatic heterocycles. The Morgan fingerprint density at radius 1 is 1.38 bits per heavy atom. The average Bonchev–Trinajstić information content (AvgIpc) is 2.29. The Labute approximate surface area is 102 Å². The second kappa shape index (κ2) is 7.27. The summed E-state index contributed by atoms with van der Waals surface area (Å²) >= 11 is 6.10. The molecule has 1 rings (SSSR count). The molecule has 1 aromatic rings. The Kier molecular flexibility index (Phi) is 5.92. The van der Waals surface area contributed by atoms with Crippen LogP contribution < -0.4 is 5.32 Å². The molecule has 0 spiro atoms. The molecule has 0 saturated heterocycles. The highest BCUT2D eigenvalue weighted by Crippen LogP contribution is 2.21. The molecule has 0 aliphatic carbocycles. The Morgan fingerprint density at radius 3 is 2.81 bits per heavy atom. The molecule has 0 aromatic heterocycles. The predicted molar refractivity (Wildman–Crippen MR) is 67.3 cm³/mol. The van der Waals surface area contributed by atoms with Crippen LogP contribution in [0.1, 0.15) is 37.8 Å². The first-order valence-corrected chi connectivity index (χ1v) is 5.98. The van der Waals surface area contributed by atoms with Crippen LogP contribution in [-0.2, 0) is 0 Å². The summed E-state index contributed by atoms with van der Waals surface area (Å²) in [6.45, 7) is 3.03. The van der Waals surface area contributed by atoms with E-state index in [-0.39, 0.29) is 6.04 Å². The van der Waals surface area contributed by atoms with E-state index in [1.165, 1.54) is 0 Å². The van der Waals surface area contributed by atoms with Gasteiger partial charge < -0.3 is 5.32 Å². The topological polar surface area (TPSA) is 35.8 Å². The summed E-state index contributed by atoms with van der Waals surface area (Å²) < 4.78 is 0. The van der Waals surface area contributed by atoms with Crippen LogP contribution in [0.25, 0.3) is 0 Å². The van der Waals surface area contributed by atoms with Gasteiger partial charge in [0, 0.05) is 17.5 Å². The zero-order valence-corrected chi connectivity index (χ0v) is 10.3. The molecular formula is C13H17ClN2. The lowest BCUT2D eigenvalue weighted by Crippen LogP contribution is -2.20. The summed E-state index contributed by atoms with van der Waals surface area (Å²) in [5.41, 5.74) is 1.13. The molecule has 86 valence electrons. The van der Waals surface area contributed by atoms with Crippen LogP contribution >= 0.6 is 11.6 Å². The van der Waals surface area contributed by atoms with Gasteiger partial charge >= 0.3 is 0 Å². The molecule has 0 bridgehead atoms. The molecule has 0 heterocycles. The van der Waals surface area contributed by atoms with Crippen molar-refractivity contribution in [3.8, 4) is 6.07 Å². The number of halogens is 1. The van der Waals surface area contributed by atoms with Gasteiger partial charge in [0.05, 0.1) is 6.07 Å². The number of nitrogens with zero attached hydrogens (tertiary/aromatic N) is 1. The molecular weight excluding hydrogens is 220 g/mol. The second-order valence-electron chi connectivity index (χ2n) is 3.81. The monoisotopic (exact) mass is 236 g/mol. The van der Waals surface area contributed by atoms with E-state index in [1.807, 2.05) is 24.3 Å². The predicted octanol–water partition coefficient (Wildman–Crippen LogP) is 3.68. The standard InChI is InChI=1S/C13H17ClN2/c1-11(16-10-6-2-5-9-15)12-7-3-4-8-13(12)14/h3-4,7-8,11,16H,2,5-6,10H2,1H3. The molecule has 0 aliphatic rings. The van der Waals surface area contributed by atoms with Gasteiger partial charge in [0.25, 0.3) is 0 Å². The molecule has 1 aromatic carbocycles. The van der Waals surface area contributed by atoms with E-state index in [1.54, 1.807) is 0 Å². The fourth-order valence-electron chi connectivity index (χ4n) is 1.58. The maximum Gasteiger partial charge on any atom is 0.0621 e. The van der Waals surface area contributed by atoms with Crippen molar-refractivity contribution < 1.29 is 0 Å². The highest BCUT2D eigenvalue weighted by atomic mass is 35.5. The van der Waals surface area contributed by atoms with Gasteiger partial charge in [0.2, 0.25) is 0 Å².